The molecule has 28 heavy (non-hydrogen) atoms. The molecule has 2 rings (SSSR count). The fraction of sp³-hybridized carbons (Fsp3) is 0.381. The number of ether oxygens (including phenoxy) is 1. The third-order valence-corrected chi connectivity index (χ3v) is 4.20. The van der Waals surface area contributed by atoms with Crippen LogP contribution in [-0.4, -0.2) is 31.3 Å². The molecule has 0 aromatic heterocycles. The Kier molecular flexibility index (Phi) is 10.7. The van der Waals surface area contributed by atoms with Gasteiger partial charge < -0.3 is 20.5 Å². The normalized spacial score (nSPS) is 12.1. The van der Waals surface area contributed by atoms with Crippen LogP contribution in [0.25, 0.3) is 0 Å². The van der Waals surface area contributed by atoms with Gasteiger partial charge in [-0.1, -0.05) is 18.2 Å². The van der Waals surface area contributed by atoms with Crippen molar-refractivity contribution in [2.75, 3.05) is 20.2 Å². The van der Waals surface area contributed by atoms with Crippen LogP contribution in [0.15, 0.2) is 47.5 Å². The summed E-state index contributed by atoms with van der Waals surface area (Å²) in [6.07, 6.45) is 1.79. The van der Waals surface area contributed by atoms with Crippen LogP contribution in [-0.2, 0) is 6.42 Å². The molecule has 0 heterocycles. The zero-order valence-electron chi connectivity index (χ0n) is 16.5. The third-order valence-electron chi connectivity index (χ3n) is 4.20. The number of phenols is 1. The number of phenolic OH excluding ortho intramolecular Hbond substituents is 1. The molecule has 154 valence electrons. The Morgan fingerprint density at radius 2 is 1.93 bits per heavy atom. The molecule has 1 atom stereocenters. The van der Waals surface area contributed by atoms with E-state index in [0.717, 1.165) is 24.9 Å². The first-order chi connectivity index (χ1) is 13.0. The van der Waals surface area contributed by atoms with E-state index >= 15 is 0 Å². The summed E-state index contributed by atoms with van der Waals surface area (Å²) in [7, 11) is 1.45. The van der Waals surface area contributed by atoms with E-state index in [1.807, 2.05) is 32.0 Å². The van der Waals surface area contributed by atoms with Crippen LogP contribution >= 0.6 is 24.0 Å². The summed E-state index contributed by atoms with van der Waals surface area (Å²) in [4.78, 5) is 4.59. The molecule has 0 aliphatic carbocycles. The first kappa shape index (κ1) is 24.0. The lowest BCUT2D eigenvalue weighted by Crippen LogP contribution is -2.38. The Hall–Kier alpha value is -2.03. The monoisotopic (exact) mass is 501 g/mol. The summed E-state index contributed by atoms with van der Waals surface area (Å²) in [6, 6.07) is 12.1. The van der Waals surface area contributed by atoms with Crippen LogP contribution in [0.5, 0.6) is 11.5 Å². The average Bonchev–Trinajstić information content (AvgIpc) is 2.66. The second-order valence-corrected chi connectivity index (χ2v) is 6.29. The van der Waals surface area contributed by atoms with E-state index in [-0.39, 0.29) is 47.3 Å². The highest BCUT2D eigenvalue weighted by Gasteiger charge is 2.11. The lowest BCUT2D eigenvalue weighted by atomic mass is 10.1. The van der Waals surface area contributed by atoms with Crippen molar-refractivity contribution in [3.05, 3.63) is 59.4 Å². The molecule has 2 aromatic rings. The minimum absolute atomic E-state index is 0. The molecule has 2 aromatic carbocycles. The first-order valence-corrected chi connectivity index (χ1v) is 9.19. The summed E-state index contributed by atoms with van der Waals surface area (Å²) in [6.45, 7) is 5.38. The molecule has 0 saturated heterocycles. The van der Waals surface area contributed by atoms with E-state index in [1.54, 1.807) is 18.2 Å². The van der Waals surface area contributed by atoms with E-state index in [2.05, 4.69) is 15.6 Å². The van der Waals surface area contributed by atoms with Gasteiger partial charge in [-0.25, -0.2) is 4.39 Å². The average molecular weight is 501 g/mol. The zero-order valence-corrected chi connectivity index (χ0v) is 18.9. The predicted octanol–water partition coefficient (Wildman–Crippen LogP) is 4.41. The molecule has 0 radical (unpaired) electrons. The highest BCUT2D eigenvalue weighted by Crippen LogP contribution is 2.21. The number of nitrogens with one attached hydrogen (secondary N) is 2. The number of aromatic hydroxyl groups is 1. The van der Waals surface area contributed by atoms with Gasteiger partial charge in [0.15, 0.2) is 17.5 Å². The second-order valence-electron chi connectivity index (χ2n) is 6.29. The van der Waals surface area contributed by atoms with Gasteiger partial charge in [0.05, 0.1) is 13.2 Å². The van der Waals surface area contributed by atoms with Crippen molar-refractivity contribution >= 4 is 29.9 Å². The number of hydrogen-bond acceptors (Lipinski definition) is 3. The van der Waals surface area contributed by atoms with E-state index in [4.69, 9.17) is 4.74 Å². The third kappa shape index (κ3) is 7.53. The van der Waals surface area contributed by atoms with Gasteiger partial charge in [-0.2, -0.15) is 0 Å². The van der Waals surface area contributed by atoms with Gasteiger partial charge in [0.1, 0.15) is 5.75 Å². The van der Waals surface area contributed by atoms with Crippen LogP contribution in [0.3, 0.4) is 0 Å². The van der Waals surface area contributed by atoms with E-state index < -0.39 is 0 Å². The summed E-state index contributed by atoms with van der Waals surface area (Å²) in [5, 5.41) is 15.8. The maximum atomic E-state index is 13.9. The number of benzene rings is 2. The smallest absolute Gasteiger partial charge is 0.191 e. The van der Waals surface area contributed by atoms with Gasteiger partial charge >= 0.3 is 0 Å². The van der Waals surface area contributed by atoms with E-state index in [0.29, 0.717) is 12.5 Å². The number of aryl methyl sites for hydroxylation is 1. The molecular weight excluding hydrogens is 472 g/mol. The second kappa shape index (κ2) is 12.4. The van der Waals surface area contributed by atoms with Crippen LogP contribution in [0.1, 0.15) is 37.4 Å². The predicted molar refractivity (Wildman–Crippen MR) is 122 cm³/mol. The van der Waals surface area contributed by atoms with Gasteiger partial charge in [0, 0.05) is 13.1 Å². The van der Waals surface area contributed by atoms with Crippen LogP contribution < -0.4 is 15.4 Å². The molecule has 1 unspecified atom stereocenters. The van der Waals surface area contributed by atoms with Crippen molar-refractivity contribution in [3.63, 3.8) is 0 Å². The fourth-order valence-corrected chi connectivity index (χ4v) is 2.70. The molecule has 0 aliphatic heterocycles. The Balaban J connectivity index is 0.00000392. The Labute approximate surface area is 183 Å². The Morgan fingerprint density at radius 3 is 2.54 bits per heavy atom. The van der Waals surface area contributed by atoms with Crippen molar-refractivity contribution < 1.29 is 14.2 Å². The zero-order chi connectivity index (χ0) is 19.6. The topological polar surface area (TPSA) is 65.9 Å². The number of halogens is 2. The van der Waals surface area contributed by atoms with Gasteiger partial charge in [0.25, 0.3) is 0 Å². The van der Waals surface area contributed by atoms with Gasteiger partial charge in [0.2, 0.25) is 0 Å². The number of guanidine groups is 1. The van der Waals surface area contributed by atoms with Crippen molar-refractivity contribution in [2.45, 2.75) is 32.7 Å². The van der Waals surface area contributed by atoms with Crippen molar-refractivity contribution in [1.82, 2.24) is 10.6 Å². The first-order valence-electron chi connectivity index (χ1n) is 9.19. The van der Waals surface area contributed by atoms with Crippen LogP contribution in [0, 0.1) is 5.82 Å². The number of hydrogen-bond donors (Lipinski definition) is 3. The summed E-state index contributed by atoms with van der Waals surface area (Å²) in [5.74, 6) is 0.839. The molecule has 5 nitrogen and oxygen atoms in total. The summed E-state index contributed by atoms with van der Waals surface area (Å²) in [5.41, 5.74) is 1.99. The molecule has 0 aliphatic rings. The summed E-state index contributed by atoms with van der Waals surface area (Å²) < 4.78 is 18.9. The van der Waals surface area contributed by atoms with Gasteiger partial charge in [-0.3, -0.25) is 4.99 Å². The van der Waals surface area contributed by atoms with Gasteiger partial charge in [-0.05, 0) is 62.1 Å². The van der Waals surface area contributed by atoms with E-state index in [1.165, 1.54) is 18.7 Å². The number of methoxy groups -OCH3 is 1. The quantitative estimate of drug-likeness (QED) is 0.217. The molecule has 0 spiro atoms. The number of rotatable bonds is 8. The molecule has 0 bridgehead atoms. The lowest BCUT2D eigenvalue weighted by Gasteiger charge is -2.18. The fourth-order valence-electron chi connectivity index (χ4n) is 2.70. The Bertz CT molecular complexity index is 754. The largest absolute Gasteiger partial charge is 0.508 e. The number of nitrogens with zero attached hydrogens (tertiary/aromatic N) is 1. The molecule has 3 N–H and O–H groups in total. The minimum atomic E-state index is -0.375. The molecule has 7 heteroatoms. The van der Waals surface area contributed by atoms with Crippen LogP contribution in [0.4, 0.5) is 4.39 Å². The summed E-state index contributed by atoms with van der Waals surface area (Å²) >= 11 is 0. The minimum Gasteiger partial charge on any atom is -0.508 e. The Morgan fingerprint density at radius 1 is 1.21 bits per heavy atom. The SMILES string of the molecule is CCNC(=NCCCc1ccc(O)cc1)NC(C)c1ccc(OC)c(F)c1.I. The molecular formula is C21H29FIN3O2. The highest BCUT2D eigenvalue weighted by molar-refractivity contribution is 14.0. The van der Waals surface area contributed by atoms with Crippen molar-refractivity contribution in [2.24, 2.45) is 4.99 Å². The van der Waals surface area contributed by atoms with E-state index in [9.17, 15) is 9.50 Å². The maximum absolute atomic E-state index is 13.9. The molecule has 0 fully saturated rings. The standard InChI is InChI=1S/C21H28FN3O2.HI/c1-4-23-21(24-13-5-6-16-7-10-18(26)11-8-16)25-15(2)17-9-12-20(27-3)19(22)14-17;/h7-12,14-15,26H,4-6,13H2,1-3H3,(H2,23,24,25);1H. The van der Waals surface area contributed by atoms with Crippen molar-refractivity contribution in [1.29, 1.82) is 0 Å². The van der Waals surface area contributed by atoms with Crippen LogP contribution in [0.2, 0.25) is 0 Å². The number of aliphatic imine (C=N–C) groups is 1. The molecule has 0 amide bonds. The lowest BCUT2D eigenvalue weighted by molar-refractivity contribution is 0.386. The van der Waals surface area contributed by atoms with Gasteiger partial charge in [-0.15, -0.1) is 24.0 Å². The van der Waals surface area contributed by atoms with Crippen molar-refractivity contribution in [3.8, 4) is 11.5 Å². The molecule has 0 saturated carbocycles. The highest BCUT2D eigenvalue weighted by atomic mass is 127. The maximum Gasteiger partial charge on any atom is 0.191 e.